The number of alkyl halides is 3. The van der Waals surface area contributed by atoms with Crippen LogP contribution in [0.5, 0.6) is 0 Å². The molecule has 2 N–H and O–H groups in total. The molecule has 8 heteroatoms. The van der Waals surface area contributed by atoms with Crippen molar-refractivity contribution >= 4 is 17.6 Å². The van der Waals surface area contributed by atoms with Crippen LogP contribution in [0.3, 0.4) is 0 Å². The lowest BCUT2D eigenvalue weighted by atomic mass is 10.1. The van der Waals surface area contributed by atoms with Gasteiger partial charge in [-0.2, -0.15) is 13.2 Å². The maximum absolute atomic E-state index is 13.2. The number of halogens is 3. The van der Waals surface area contributed by atoms with Crippen molar-refractivity contribution in [3.8, 4) is 0 Å². The number of aliphatic imine (C=N–C) groups is 1. The van der Waals surface area contributed by atoms with Crippen LogP contribution in [0.25, 0.3) is 0 Å². The lowest BCUT2D eigenvalue weighted by Gasteiger charge is -2.26. The number of hydrogen-bond donors (Lipinski definition) is 2. The largest absolute Gasteiger partial charge is 0.442 e. The highest BCUT2D eigenvalue weighted by molar-refractivity contribution is 6.16. The summed E-state index contributed by atoms with van der Waals surface area (Å²) >= 11 is 0. The molecular formula is C13H12F3N3O2. The third kappa shape index (κ3) is 2.61. The molecule has 0 saturated carbocycles. The van der Waals surface area contributed by atoms with Crippen LogP contribution in [0, 0.1) is 6.92 Å². The molecular weight excluding hydrogens is 287 g/mol. The summed E-state index contributed by atoms with van der Waals surface area (Å²) in [5.41, 5.74) is -2.04. The fourth-order valence-electron chi connectivity index (χ4n) is 1.90. The molecule has 5 nitrogen and oxygen atoms in total. The highest BCUT2D eigenvalue weighted by Gasteiger charge is 2.64. The van der Waals surface area contributed by atoms with E-state index in [-0.39, 0.29) is 5.84 Å². The first-order valence-corrected chi connectivity index (χ1v) is 5.99. The van der Waals surface area contributed by atoms with Crippen molar-refractivity contribution in [2.24, 2.45) is 4.99 Å². The molecule has 1 aromatic rings. The van der Waals surface area contributed by atoms with Crippen LogP contribution in [-0.2, 0) is 9.59 Å². The monoisotopic (exact) mass is 299 g/mol. The summed E-state index contributed by atoms with van der Waals surface area (Å²) in [5, 5.41) is 3.66. The van der Waals surface area contributed by atoms with Gasteiger partial charge in [0.1, 0.15) is 5.84 Å². The van der Waals surface area contributed by atoms with Crippen LogP contribution in [0.15, 0.2) is 29.3 Å². The molecule has 0 fully saturated rings. The van der Waals surface area contributed by atoms with Crippen molar-refractivity contribution < 1.29 is 22.8 Å². The number of nitrogens with one attached hydrogen (secondary N) is 2. The normalized spacial score (nSPS) is 21.8. The maximum atomic E-state index is 13.2. The van der Waals surface area contributed by atoms with E-state index in [0.29, 0.717) is 5.56 Å². The zero-order valence-corrected chi connectivity index (χ0v) is 11.2. The van der Waals surface area contributed by atoms with E-state index in [2.05, 4.69) is 10.3 Å². The zero-order chi connectivity index (χ0) is 15.8. The fourth-order valence-corrected chi connectivity index (χ4v) is 1.90. The number of rotatable bonds is 2. The van der Waals surface area contributed by atoms with Gasteiger partial charge in [-0.05, 0) is 6.92 Å². The Morgan fingerprint density at radius 2 is 1.86 bits per heavy atom. The Morgan fingerprint density at radius 3 is 2.33 bits per heavy atom. The van der Waals surface area contributed by atoms with E-state index >= 15 is 0 Å². The van der Waals surface area contributed by atoms with E-state index in [1.165, 1.54) is 12.1 Å². The molecule has 0 aliphatic carbocycles. The number of amidine groups is 1. The van der Waals surface area contributed by atoms with Gasteiger partial charge in [0.05, 0.1) is 0 Å². The number of aryl methyl sites for hydroxylation is 1. The Balaban J connectivity index is 2.49. The molecule has 1 atom stereocenters. The zero-order valence-electron chi connectivity index (χ0n) is 11.2. The first-order chi connectivity index (χ1) is 9.65. The summed E-state index contributed by atoms with van der Waals surface area (Å²) < 4.78 is 39.6. The molecule has 1 aliphatic rings. The van der Waals surface area contributed by atoms with E-state index in [0.717, 1.165) is 12.5 Å². The van der Waals surface area contributed by atoms with Crippen LogP contribution < -0.4 is 10.6 Å². The van der Waals surface area contributed by atoms with Gasteiger partial charge in [0.25, 0.3) is 5.91 Å². The van der Waals surface area contributed by atoms with Gasteiger partial charge in [0.15, 0.2) is 0 Å². The van der Waals surface area contributed by atoms with Crippen molar-refractivity contribution in [3.63, 3.8) is 0 Å². The summed E-state index contributed by atoms with van der Waals surface area (Å²) in [6.45, 7) is 2.70. The molecule has 112 valence electrons. The fraction of sp³-hybridized carbons (Fsp3) is 0.308. The van der Waals surface area contributed by atoms with Gasteiger partial charge < -0.3 is 10.6 Å². The molecule has 21 heavy (non-hydrogen) atoms. The molecule has 1 heterocycles. The van der Waals surface area contributed by atoms with Gasteiger partial charge in [0, 0.05) is 12.5 Å². The Kier molecular flexibility index (Phi) is 3.48. The van der Waals surface area contributed by atoms with Crippen molar-refractivity contribution in [2.75, 3.05) is 0 Å². The SMILES string of the molecule is CC(=O)NC1(C(F)(F)F)N=C(c2ccc(C)cc2)NC1=O. The van der Waals surface area contributed by atoms with Crippen molar-refractivity contribution in [2.45, 2.75) is 25.7 Å². The minimum atomic E-state index is -5.05. The molecule has 0 radical (unpaired) electrons. The predicted molar refractivity (Wildman–Crippen MR) is 68.5 cm³/mol. The molecule has 1 aromatic carbocycles. The van der Waals surface area contributed by atoms with Crippen LogP contribution >= 0.6 is 0 Å². The van der Waals surface area contributed by atoms with E-state index < -0.39 is 23.7 Å². The number of amides is 2. The quantitative estimate of drug-likeness (QED) is 0.863. The Morgan fingerprint density at radius 1 is 1.29 bits per heavy atom. The first kappa shape index (κ1) is 15.0. The van der Waals surface area contributed by atoms with Gasteiger partial charge in [-0.25, -0.2) is 4.99 Å². The second-order valence-corrected chi connectivity index (χ2v) is 4.67. The number of hydrogen-bond acceptors (Lipinski definition) is 3. The number of carbonyl (C=O) groups is 2. The summed E-state index contributed by atoms with van der Waals surface area (Å²) in [5.74, 6) is -2.66. The lowest BCUT2D eigenvalue weighted by Crippen LogP contribution is -2.62. The maximum Gasteiger partial charge on any atom is 0.442 e. The summed E-state index contributed by atoms with van der Waals surface area (Å²) in [6.07, 6.45) is -5.05. The minimum absolute atomic E-state index is 0.230. The van der Waals surface area contributed by atoms with E-state index in [1.54, 1.807) is 17.4 Å². The summed E-state index contributed by atoms with van der Waals surface area (Å²) in [6, 6.07) is 6.43. The van der Waals surface area contributed by atoms with Crippen molar-refractivity contribution in [1.29, 1.82) is 0 Å². The highest BCUT2D eigenvalue weighted by atomic mass is 19.4. The second kappa shape index (κ2) is 4.87. The predicted octanol–water partition coefficient (Wildman–Crippen LogP) is 1.27. The van der Waals surface area contributed by atoms with Gasteiger partial charge in [-0.3, -0.25) is 9.59 Å². The van der Waals surface area contributed by atoms with E-state index in [9.17, 15) is 22.8 Å². The molecule has 0 bridgehead atoms. The second-order valence-electron chi connectivity index (χ2n) is 4.67. The van der Waals surface area contributed by atoms with Gasteiger partial charge in [-0.15, -0.1) is 0 Å². The van der Waals surface area contributed by atoms with Crippen LogP contribution in [0.1, 0.15) is 18.1 Å². The Hall–Kier alpha value is -2.38. The average Bonchev–Trinajstić information content (AvgIpc) is 2.67. The third-order valence-corrected chi connectivity index (χ3v) is 2.93. The number of carbonyl (C=O) groups excluding carboxylic acids is 2. The van der Waals surface area contributed by atoms with Gasteiger partial charge in [0.2, 0.25) is 5.91 Å². The Bertz CT molecular complexity index is 623. The number of benzene rings is 1. The molecule has 1 aliphatic heterocycles. The minimum Gasteiger partial charge on any atom is -0.317 e. The van der Waals surface area contributed by atoms with E-state index in [4.69, 9.17) is 0 Å². The topological polar surface area (TPSA) is 70.6 Å². The third-order valence-electron chi connectivity index (χ3n) is 2.93. The van der Waals surface area contributed by atoms with E-state index in [1.807, 2.05) is 6.92 Å². The smallest absolute Gasteiger partial charge is 0.317 e. The number of nitrogens with zero attached hydrogens (tertiary/aromatic N) is 1. The average molecular weight is 299 g/mol. The summed E-state index contributed by atoms with van der Waals surface area (Å²) in [7, 11) is 0. The first-order valence-electron chi connectivity index (χ1n) is 5.99. The lowest BCUT2D eigenvalue weighted by molar-refractivity contribution is -0.196. The van der Waals surface area contributed by atoms with Crippen molar-refractivity contribution in [1.82, 2.24) is 10.6 Å². The molecule has 0 aromatic heterocycles. The van der Waals surface area contributed by atoms with Crippen molar-refractivity contribution in [3.05, 3.63) is 35.4 Å². The molecule has 0 spiro atoms. The van der Waals surface area contributed by atoms with Gasteiger partial charge in [-0.1, -0.05) is 29.8 Å². The van der Waals surface area contributed by atoms with Crippen LogP contribution in [0.4, 0.5) is 13.2 Å². The standard InChI is InChI=1S/C13H12F3N3O2/c1-7-3-5-9(6-4-7)10-17-11(21)12(19-10,13(14,15)16)18-8(2)20/h3-6H,1-2H3,(H,18,20)(H,17,19,21). The highest BCUT2D eigenvalue weighted by Crippen LogP contribution is 2.35. The molecule has 2 rings (SSSR count). The van der Waals surface area contributed by atoms with Crippen LogP contribution in [-0.4, -0.2) is 29.5 Å². The molecule has 0 saturated heterocycles. The summed E-state index contributed by atoms with van der Waals surface area (Å²) in [4.78, 5) is 26.2. The molecule has 1 unspecified atom stereocenters. The molecule has 2 amide bonds. The van der Waals surface area contributed by atoms with Gasteiger partial charge >= 0.3 is 11.8 Å². The Labute approximate surface area is 118 Å². The van der Waals surface area contributed by atoms with Crippen LogP contribution in [0.2, 0.25) is 0 Å².